The van der Waals surface area contributed by atoms with Gasteiger partial charge in [0.05, 0.1) is 5.69 Å². The second kappa shape index (κ2) is 4.35. The number of fused-ring (bicyclic) bond motifs is 1. The molecule has 2 aromatic heterocycles. The van der Waals surface area contributed by atoms with Crippen LogP contribution in [0.5, 0.6) is 0 Å². The fourth-order valence-electron chi connectivity index (χ4n) is 1.42. The highest BCUT2D eigenvalue weighted by atomic mass is 32.1. The summed E-state index contributed by atoms with van der Waals surface area (Å²) in [7, 11) is 0. The van der Waals surface area contributed by atoms with E-state index in [1.54, 1.807) is 0 Å². The fraction of sp³-hybridized carbons (Fsp3) is 0. The van der Waals surface area contributed by atoms with Crippen molar-refractivity contribution >= 4 is 27.9 Å². The Labute approximate surface area is 108 Å². The van der Waals surface area contributed by atoms with Crippen molar-refractivity contribution in [2.45, 2.75) is 0 Å². The molecule has 2 heterocycles. The molecule has 1 amide bonds. The molecular formula is C10H5F2N5OS. The second-order valence-corrected chi connectivity index (χ2v) is 4.50. The van der Waals surface area contributed by atoms with E-state index in [2.05, 4.69) is 20.6 Å². The van der Waals surface area contributed by atoms with Gasteiger partial charge in [-0.25, -0.2) is 8.78 Å². The van der Waals surface area contributed by atoms with Crippen molar-refractivity contribution in [2.24, 2.45) is 0 Å². The Balaban J connectivity index is 1.86. The van der Waals surface area contributed by atoms with Crippen molar-refractivity contribution in [1.82, 2.24) is 19.8 Å². The molecule has 0 atom stereocenters. The molecule has 0 aliphatic heterocycles. The maximum absolute atomic E-state index is 13.4. The largest absolute Gasteiger partial charge is 0.317 e. The van der Waals surface area contributed by atoms with Gasteiger partial charge in [-0.1, -0.05) is 11.3 Å². The van der Waals surface area contributed by atoms with Crippen molar-refractivity contribution in [2.75, 3.05) is 5.32 Å². The van der Waals surface area contributed by atoms with E-state index in [9.17, 15) is 13.6 Å². The summed E-state index contributed by atoms with van der Waals surface area (Å²) in [5.41, 5.74) is -0.114. The Morgan fingerprint density at radius 2 is 2.21 bits per heavy atom. The van der Waals surface area contributed by atoms with Gasteiger partial charge in [0.2, 0.25) is 9.97 Å². The molecule has 6 nitrogen and oxygen atoms in total. The number of benzene rings is 1. The van der Waals surface area contributed by atoms with E-state index in [-0.39, 0.29) is 10.7 Å². The molecule has 96 valence electrons. The molecule has 9 heteroatoms. The van der Waals surface area contributed by atoms with Gasteiger partial charge in [0.25, 0.3) is 5.91 Å². The van der Waals surface area contributed by atoms with Crippen molar-refractivity contribution in [3.8, 4) is 0 Å². The van der Waals surface area contributed by atoms with Crippen LogP contribution in [0.1, 0.15) is 9.80 Å². The average Bonchev–Trinajstić information content (AvgIpc) is 2.93. The van der Waals surface area contributed by atoms with Crippen LogP contribution in [-0.2, 0) is 0 Å². The molecule has 0 aliphatic rings. The van der Waals surface area contributed by atoms with Crippen molar-refractivity contribution in [3.63, 3.8) is 0 Å². The first-order valence-electron chi connectivity index (χ1n) is 5.07. The Bertz CT molecular complexity index is 740. The van der Waals surface area contributed by atoms with Crippen LogP contribution in [-0.4, -0.2) is 25.7 Å². The minimum atomic E-state index is -0.851. The molecule has 0 spiro atoms. The van der Waals surface area contributed by atoms with Crippen molar-refractivity contribution in [3.05, 3.63) is 41.2 Å². The number of amides is 1. The van der Waals surface area contributed by atoms with E-state index in [1.807, 2.05) is 0 Å². The number of carbonyl (C=O) groups excluding carboxylic acids is 1. The molecule has 3 rings (SSSR count). The van der Waals surface area contributed by atoms with Gasteiger partial charge >= 0.3 is 0 Å². The maximum Gasteiger partial charge on any atom is 0.286 e. The van der Waals surface area contributed by atoms with Gasteiger partial charge in [-0.3, -0.25) is 4.79 Å². The number of carbonyl (C=O) groups is 1. The van der Waals surface area contributed by atoms with Crippen LogP contribution >= 0.6 is 11.3 Å². The molecule has 0 unspecified atom stereocenters. The molecule has 0 saturated heterocycles. The summed E-state index contributed by atoms with van der Waals surface area (Å²) in [6.07, 6.45) is 1.35. The molecule has 19 heavy (non-hydrogen) atoms. The molecule has 0 aliphatic carbocycles. The lowest BCUT2D eigenvalue weighted by molar-refractivity contribution is 0.102. The Morgan fingerprint density at radius 3 is 2.95 bits per heavy atom. The van der Waals surface area contributed by atoms with Gasteiger partial charge in [0.15, 0.2) is 0 Å². The van der Waals surface area contributed by atoms with E-state index >= 15 is 0 Å². The van der Waals surface area contributed by atoms with E-state index in [0.717, 1.165) is 23.5 Å². The van der Waals surface area contributed by atoms with Crippen LogP contribution in [0.15, 0.2) is 24.5 Å². The topological polar surface area (TPSA) is 72.2 Å². The summed E-state index contributed by atoms with van der Waals surface area (Å²) in [5, 5.41) is 13.7. The molecule has 0 radical (unpaired) electrons. The lowest BCUT2D eigenvalue weighted by Crippen LogP contribution is -2.13. The first-order chi connectivity index (χ1) is 9.13. The minimum absolute atomic E-state index is 0.105. The number of aromatic nitrogens is 4. The van der Waals surface area contributed by atoms with E-state index < -0.39 is 17.5 Å². The summed E-state index contributed by atoms with van der Waals surface area (Å²) in [5.74, 6) is -2.16. The summed E-state index contributed by atoms with van der Waals surface area (Å²) >= 11 is 1.01. The Hall–Kier alpha value is -2.42. The second-order valence-electron chi connectivity index (χ2n) is 3.54. The van der Waals surface area contributed by atoms with Crippen LogP contribution in [0.25, 0.3) is 4.96 Å². The van der Waals surface area contributed by atoms with Gasteiger partial charge < -0.3 is 5.32 Å². The number of anilines is 1. The highest BCUT2D eigenvalue weighted by Crippen LogP contribution is 2.18. The van der Waals surface area contributed by atoms with E-state index in [1.165, 1.54) is 10.8 Å². The zero-order valence-electron chi connectivity index (χ0n) is 9.17. The maximum atomic E-state index is 13.4. The highest BCUT2D eigenvalue weighted by Gasteiger charge is 2.15. The fourth-order valence-corrected chi connectivity index (χ4v) is 2.13. The predicted molar refractivity (Wildman–Crippen MR) is 63.0 cm³/mol. The smallest absolute Gasteiger partial charge is 0.286 e. The standard InChI is InChI=1S/C10H5F2N5OS/c11-5-1-2-7(6(12)3-5)14-8(18)9-16-17-4-13-15-10(17)19-9/h1-4H,(H,14,18). The van der Waals surface area contributed by atoms with Crippen molar-refractivity contribution < 1.29 is 13.6 Å². The van der Waals surface area contributed by atoms with Crippen molar-refractivity contribution in [1.29, 1.82) is 0 Å². The highest BCUT2D eigenvalue weighted by molar-refractivity contribution is 7.18. The van der Waals surface area contributed by atoms with Crippen LogP contribution in [0.2, 0.25) is 0 Å². The van der Waals surface area contributed by atoms with Crippen LogP contribution in [0.4, 0.5) is 14.5 Å². The van der Waals surface area contributed by atoms with Gasteiger partial charge in [0.1, 0.15) is 18.0 Å². The summed E-state index contributed by atoms with van der Waals surface area (Å²) < 4.78 is 27.4. The minimum Gasteiger partial charge on any atom is -0.317 e. The lowest BCUT2D eigenvalue weighted by Gasteiger charge is -2.03. The summed E-state index contributed by atoms with van der Waals surface area (Å²) in [6, 6.07) is 2.88. The molecule has 0 fully saturated rings. The monoisotopic (exact) mass is 281 g/mol. The Kier molecular flexibility index (Phi) is 2.67. The molecular weight excluding hydrogens is 276 g/mol. The first kappa shape index (κ1) is 11.7. The number of hydrogen-bond acceptors (Lipinski definition) is 5. The predicted octanol–water partition coefficient (Wildman–Crippen LogP) is 1.72. The number of nitrogens with one attached hydrogen (secondary N) is 1. The lowest BCUT2D eigenvalue weighted by atomic mass is 10.3. The summed E-state index contributed by atoms with van der Waals surface area (Å²) in [6.45, 7) is 0. The van der Waals surface area contributed by atoms with Crippen LogP contribution < -0.4 is 5.32 Å². The molecule has 1 aromatic carbocycles. The third-order valence-corrected chi connectivity index (χ3v) is 3.17. The first-order valence-corrected chi connectivity index (χ1v) is 5.88. The van der Waals surface area contributed by atoms with E-state index in [0.29, 0.717) is 11.0 Å². The van der Waals surface area contributed by atoms with E-state index in [4.69, 9.17) is 0 Å². The van der Waals surface area contributed by atoms with Gasteiger partial charge in [-0.2, -0.15) is 4.52 Å². The van der Waals surface area contributed by atoms with Gasteiger partial charge in [-0.15, -0.1) is 15.3 Å². The van der Waals surface area contributed by atoms with Crippen LogP contribution in [0, 0.1) is 11.6 Å². The zero-order valence-corrected chi connectivity index (χ0v) is 9.99. The molecule has 0 saturated carbocycles. The number of halogens is 2. The Morgan fingerprint density at radius 1 is 1.37 bits per heavy atom. The van der Waals surface area contributed by atoms with Crippen LogP contribution in [0.3, 0.4) is 0 Å². The summed E-state index contributed by atoms with van der Waals surface area (Å²) in [4.78, 5) is 12.3. The number of rotatable bonds is 2. The quantitative estimate of drug-likeness (QED) is 0.776. The number of hydrogen-bond donors (Lipinski definition) is 1. The molecule has 3 aromatic rings. The SMILES string of the molecule is O=C(Nc1ccc(F)cc1F)c1nn2cnnc2s1. The van der Waals surface area contributed by atoms with Gasteiger partial charge in [0, 0.05) is 6.07 Å². The average molecular weight is 281 g/mol. The molecule has 1 N–H and O–H groups in total. The number of nitrogens with zero attached hydrogens (tertiary/aromatic N) is 4. The van der Waals surface area contributed by atoms with Gasteiger partial charge in [-0.05, 0) is 12.1 Å². The molecule has 0 bridgehead atoms. The third-order valence-electron chi connectivity index (χ3n) is 2.26. The zero-order chi connectivity index (χ0) is 13.4. The normalized spacial score (nSPS) is 10.8. The third kappa shape index (κ3) is 2.15.